The quantitative estimate of drug-likeness (QED) is 0.438. The molecule has 0 aliphatic carbocycles. The van der Waals surface area contributed by atoms with E-state index in [9.17, 15) is 18.4 Å². The average molecular weight is 419 g/mol. The van der Waals surface area contributed by atoms with Crippen molar-refractivity contribution in [3.8, 4) is 0 Å². The second-order valence-corrected chi connectivity index (χ2v) is 8.27. The minimum Gasteiger partial charge on any atom is -0.334 e. The number of hydrogen-bond acceptors (Lipinski definition) is 4. The molecule has 3 rings (SSSR count). The minimum absolute atomic E-state index is 0.109. The van der Waals surface area contributed by atoms with Gasteiger partial charge in [-0.2, -0.15) is 0 Å². The summed E-state index contributed by atoms with van der Waals surface area (Å²) in [4.78, 5) is 12.2. The number of hydrogen-bond donors (Lipinski definition) is 3. The number of nitrogens with one attached hydrogen (secondary N) is 2. The number of sulfone groups is 1. The zero-order valence-electron chi connectivity index (χ0n) is 14.5. The Labute approximate surface area is 167 Å². The molecule has 0 saturated heterocycles. The zero-order chi connectivity index (χ0) is 20.1. The van der Waals surface area contributed by atoms with Crippen LogP contribution in [0.5, 0.6) is 0 Å². The molecule has 0 fully saturated rings. The van der Waals surface area contributed by atoms with Crippen LogP contribution in [0.3, 0.4) is 0 Å². The Kier molecular flexibility index (Phi) is 5.81. The molecule has 0 unspecified atom stereocenters. The number of aromatic nitrogens is 1. The van der Waals surface area contributed by atoms with E-state index in [1.165, 1.54) is 60.9 Å². The fraction of sp³-hybridized carbons (Fsp3) is 0.0526. The maximum Gasteiger partial charge on any atom is 0.319 e. The second kappa shape index (κ2) is 8.28. The van der Waals surface area contributed by atoms with Gasteiger partial charge in [0.15, 0.2) is 0 Å². The van der Waals surface area contributed by atoms with Gasteiger partial charge in [0.25, 0.3) is 0 Å². The van der Waals surface area contributed by atoms with Crippen molar-refractivity contribution in [2.45, 2.75) is 16.3 Å². The lowest BCUT2D eigenvalue weighted by atomic mass is 10.3. The molecule has 0 spiro atoms. The van der Waals surface area contributed by atoms with Crippen LogP contribution in [0.1, 0.15) is 5.56 Å². The molecule has 3 N–H and O–H groups in total. The molecule has 0 radical (unpaired) electrons. The standard InChI is InChI=1S/C19H16ClN3O4S/c20-15-3-7-17(8-4-15)28(26,27)18-9-5-16(6-10-18)22-19(24)21-12-14-2-1-11-23(25)13-14/h1-11,13H,12H2,(H2-,21,22,24,25)/p+1. The summed E-state index contributed by atoms with van der Waals surface area (Å²) in [7, 11) is -3.66. The van der Waals surface area contributed by atoms with Crippen LogP contribution in [0, 0.1) is 0 Å². The molecule has 2 aromatic carbocycles. The molecule has 1 heterocycles. The summed E-state index contributed by atoms with van der Waals surface area (Å²) < 4.78 is 26.1. The molecule has 28 heavy (non-hydrogen) atoms. The number of amides is 2. The third-order valence-electron chi connectivity index (χ3n) is 3.85. The number of carbonyl (C=O) groups excluding carboxylic acids is 1. The lowest BCUT2D eigenvalue weighted by molar-refractivity contribution is -0.905. The number of pyridine rings is 1. The SMILES string of the molecule is O=C(NCc1ccc[n+](O)c1)Nc1ccc(S(=O)(=O)c2ccc(Cl)cc2)cc1. The normalized spacial score (nSPS) is 11.0. The molecule has 0 atom stereocenters. The van der Waals surface area contributed by atoms with E-state index >= 15 is 0 Å². The molecule has 144 valence electrons. The van der Waals surface area contributed by atoms with Crippen molar-refractivity contribution in [3.63, 3.8) is 0 Å². The Balaban J connectivity index is 1.64. The van der Waals surface area contributed by atoms with Gasteiger partial charge in [-0.25, -0.2) is 13.2 Å². The first-order valence-electron chi connectivity index (χ1n) is 8.19. The molecule has 9 heteroatoms. The summed E-state index contributed by atoms with van der Waals surface area (Å²) in [6.45, 7) is 0.219. The van der Waals surface area contributed by atoms with Crippen LogP contribution in [0.15, 0.2) is 82.8 Å². The third kappa shape index (κ3) is 4.79. The lowest BCUT2D eigenvalue weighted by Crippen LogP contribution is -2.32. The number of rotatable bonds is 5. The van der Waals surface area contributed by atoms with Crippen molar-refractivity contribution in [1.29, 1.82) is 0 Å². The maximum atomic E-state index is 12.6. The summed E-state index contributed by atoms with van der Waals surface area (Å²) in [5.41, 5.74) is 1.15. The Bertz CT molecular complexity index is 1080. The molecule has 0 aliphatic rings. The van der Waals surface area contributed by atoms with Crippen molar-refractivity contribution in [3.05, 3.63) is 83.6 Å². The average Bonchev–Trinajstić information content (AvgIpc) is 2.67. The zero-order valence-corrected chi connectivity index (χ0v) is 16.1. The number of carbonyl (C=O) groups is 1. The summed E-state index contributed by atoms with van der Waals surface area (Å²) >= 11 is 5.79. The summed E-state index contributed by atoms with van der Waals surface area (Å²) in [6, 6.07) is 14.7. The molecular formula is C19H17ClN3O4S+. The molecule has 3 aromatic rings. The first kappa shape index (κ1) is 19.7. The highest BCUT2D eigenvalue weighted by molar-refractivity contribution is 7.91. The fourth-order valence-corrected chi connectivity index (χ4v) is 3.83. The van der Waals surface area contributed by atoms with Crippen LogP contribution >= 0.6 is 11.6 Å². The molecule has 1 aromatic heterocycles. The smallest absolute Gasteiger partial charge is 0.319 e. The fourth-order valence-electron chi connectivity index (χ4n) is 2.44. The van der Waals surface area contributed by atoms with E-state index in [2.05, 4.69) is 10.6 Å². The van der Waals surface area contributed by atoms with Crippen LogP contribution in [-0.4, -0.2) is 19.7 Å². The van der Waals surface area contributed by atoms with Gasteiger partial charge in [0.2, 0.25) is 22.2 Å². The van der Waals surface area contributed by atoms with Gasteiger partial charge in [0, 0.05) is 27.1 Å². The van der Waals surface area contributed by atoms with Gasteiger partial charge in [-0.15, -0.1) is 0 Å². The van der Waals surface area contributed by atoms with Crippen LogP contribution in [-0.2, 0) is 16.4 Å². The molecule has 0 bridgehead atoms. The Morgan fingerprint density at radius 2 is 1.61 bits per heavy atom. The van der Waals surface area contributed by atoms with Gasteiger partial charge in [-0.3, -0.25) is 5.21 Å². The van der Waals surface area contributed by atoms with E-state index < -0.39 is 15.9 Å². The Hall–Kier alpha value is -3.10. The van der Waals surface area contributed by atoms with Crippen molar-refractivity contribution in [2.75, 3.05) is 5.32 Å². The molecule has 2 amide bonds. The summed E-state index contributed by atoms with van der Waals surface area (Å²) in [6.07, 6.45) is 2.93. The van der Waals surface area contributed by atoms with E-state index in [4.69, 9.17) is 11.6 Å². The van der Waals surface area contributed by atoms with Gasteiger partial charge in [-0.05, 0) is 54.6 Å². The first-order valence-corrected chi connectivity index (χ1v) is 10.1. The predicted molar refractivity (Wildman–Crippen MR) is 103 cm³/mol. The highest BCUT2D eigenvalue weighted by atomic mass is 35.5. The van der Waals surface area contributed by atoms with Crippen LogP contribution in [0.2, 0.25) is 5.02 Å². The lowest BCUT2D eigenvalue weighted by Gasteiger charge is -2.09. The third-order valence-corrected chi connectivity index (χ3v) is 5.88. The molecule has 0 saturated carbocycles. The number of halogens is 1. The van der Waals surface area contributed by atoms with Gasteiger partial charge in [-0.1, -0.05) is 11.6 Å². The maximum absolute atomic E-state index is 12.6. The van der Waals surface area contributed by atoms with Gasteiger partial charge in [0.05, 0.1) is 16.3 Å². The van der Waals surface area contributed by atoms with Crippen LogP contribution in [0.4, 0.5) is 10.5 Å². The van der Waals surface area contributed by atoms with Crippen LogP contribution < -0.4 is 15.4 Å². The monoisotopic (exact) mass is 418 g/mol. The number of nitrogens with zero attached hydrogens (tertiary/aromatic N) is 1. The number of urea groups is 1. The van der Waals surface area contributed by atoms with E-state index in [0.29, 0.717) is 16.3 Å². The predicted octanol–water partition coefficient (Wildman–Crippen LogP) is 3.02. The topological polar surface area (TPSA) is 99.4 Å². The van der Waals surface area contributed by atoms with Crippen molar-refractivity contribution < 1.29 is 23.1 Å². The highest BCUT2D eigenvalue weighted by Crippen LogP contribution is 2.23. The Morgan fingerprint density at radius 1 is 1.00 bits per heavy atom. The number of benzene rings is 2. The van der Waals surface area contributed by atoms with E-state index in [-0.39, 0.29) is 16.3 Å². The number of anilines is 1. The van der Waals surface area contributed by atoms with Crippen molar-refractivity contribution >= 4 is 33.2 Å². The van der Waals surface area contributed by atoms with Gasteiger partial charge in [0.1, 0.15) is 0 Å². The summed E-state index contributed by atoms with van der Waals surface area (Å²) in [5.74, 6) is 0. The largest absolute Gasteiger partial charge is 0.334 e. The summed E-state index contributed by atoms with van der Waals surface area (Å²) in [5, 5.41) is 15.1. The van der Waals surface area contributed by atoms with Gasteiger partial charge < -0.3 is 10.6 Å². The van der Waals surface area contributed by atoms with Crippen molar-refractivity contribution in [2.24, 2.45) is 0 Å². The van der Waals surface area contributed by atoms with E-state index in [0.717, 1.165) is 4.73 Å². The highest BCUT2D eigenvalue weighted by Gasteiger charge is 2.17. The molecule has 0 aliphatic heterocycles. The molecule has 7 nitrogen and oxygen atoms in total. The minimum atomic E-state index is -3.66. The first-order chi connectivity index (χ1) is 13.3. The second-order valence-electron chi connectivity index (χ2n) is 5.88. The van der Waals surface area contributed by atoms with E-state index in [1.54, 1.807) is 12.1 Å². The van der Waals surface area contributed by atoms with Crippen LogP contribution in [0.25, 0.3) is 0 Å². The molecular weight excluding hydrogens is 402 g/mol. The Morgan fingerprint density at radius 3 is 2.21 bits per heavy atom. The van der Waals surface area contributed by atoms with E-state index in [1.807, 2.05) is 0 Å². The van der Waals surface area contributed by atoms with Crippen molar-refractivity contribution in [1.82, 2.24) is 5.32 Å². The van der Waals surface area contributed by atoms with Gasteiger partial charge >= 0.3 is 6.03 Å².